The maximum Gasteiger partial charge on any atom is 0.257 e. The molecule has 6 heteroatoms. The van der Waals surface area contributed by atoms with E-state index in [-0.39, 0.29) is 17.2 Å². The third-order valence-corrected chi connectivity index (χ3v) is 1.64. The zero-order valence-electron chi connectivity index (χ0n) is 6.58. The summed E-state index contributed by atoms with van der Waals surface area (Å²) < 4.78 is 24.7. The topological polar surface area (TPSA) is 34.9 Å². The first kappa shape index (κ1) is 10.1. The number of carbonyl (C=O) groups excluding carboxylic acids is 1. The number of alkyl halides is 3. The predicted octanol–water partition coefficient (Wildman–Crippen LogP) is 1.57. The molecule has 0 saturated heterocycles. The van der Waals surface area contributed by atoms with Crippen LogP contribution in [0.3, 0.4) is 0 Å². The smallest absolute Gasteiger partial charge is 0.257 e. The summed E-state index contributed by atoms with van der Waals surface area (Å²) in [5, 5.41) is 3.58. The van der Waals surface area contributed by atoms with Gasteiger partial charge >= 0.3 is 0 Å². The van der Waals surface area contributed by atoms with E-state index in [0.717, 1.165) is 4.68 Å². The Bertz CT molecular complexity index is 300. The second-order valence-electron chi connectivity index (χ2n) is 2.40. The second kappa shape index (κ2) is 4.32. The van der Waals surface area contributed by atoms with Crippen LogP contribution in [0.1, 0.15) is 10.4 Å². The van der Waals surface area contributed by atoms with Crippen molar-refractivity contribution in [1.29, 1.82) is 0 Å². The highest BCUT2D eigenvalue weighted by Crippen LogP contribution is 2.03. The molecule has 0 aromatic carbocycles. The first-order valence-corrected chi connectivity index (χ1v) is 4.06. The van der Waals surface area contributed by atoms with Crippen molar-refractivity contribution in [2.75, 3.05) is 5.88 Å². The van der Waals surface area contributed by atoms with Crippen LogP contribution in [0.5, 0.6) is 0 Å². The Morgan fingerprint density at radius 1 is 1.69 bits per heavy atom. The van der Waals surface area contributed by atoms with Crippen molar-refractivity contribution >= 4 is 17.4 Å². The Kier molecular flexibility index (Phi) is 3.36. The molecule has 0 amide bonds. The highest BCUT2D eigenvalue weighted by Gasteiger charge is 2.09. The standard InChI is InChI=1S/C7H7ClF2N2O/c8-1-6(13)5-2-11-12(3-5)4-7(9)10/h2-3,7H,1,4H2. The summed E-state index contributed by atoms with van der Waals surface area (Å²) in [4.78, 5) is 10.9. The van der Waals surface area contributed by atoms with E-state index in [2.05, 4.69) is 5.10 Å². The second-order valence-corrected chi connectivity index (χ2v) is 2.67. The third kappa shape index (κ3) is 2.77. The Morgan fingerprint density at radius 3 is 2.92 bits per heavy atom. The SMILES string of the molecule is O=C(CCl)c1cnn(CC(F)F)c1. The van der Waals surface area contributed by atoms with Gasteiger partial charge in [-0.25, -0.2) is 8.78 Å². The molecule has 0 saturated carbocycles. The molecule has 0 aliphatic heterocycles. The molecule has 0 fully saturated rings. The van der Waals surface area contributed by atoms with E-state index in [0.29, 0.717) is 0 Å². The van der Waals surface area contributed by atoms with Gasteiger partial charge in [-0.1, -0.05) is 0 Å². The molecule has 13 heavy (non-hydrogen) atoms. The van der Waals surface area contributed by atoms with E-state index in [9.17, 15) is 13.6 Å². The van der Waals surface area contributed by atoms with Crippen LogP contribution in [0.25, 0.3) is 0 Å². The van der Waals surface area contributed by atoms with Crippen LogP contribution < -0.4 is 0 Å². The molecular formula is C7H7ClF2N2O. The number of aromatic nitrogens is 2. The summed E-state index contributed by atoms with van der Waals surface area (Å²) in [6.07, 6.45) is 0.0168. The van der Waals surface area contributed by atoms with Crippen molar-refractivity contribution in [2.24, 2.45) is 0 Å². The Balaban J connectivity index is 2.69. The zero-order chi connectivity index (χ0) is 9.84. The van der Waals surface area contributed by atoms with Crippen molar-refractivity contribution in [3.8, 4) is 0 Å². The molecule has 72 valence electrons. The number of ketones is 1. The van der Waals surface area contributed by atoms with Crippen LogP contribution in [-0.4, -0.2) is 27.9 Å². The van der Waals surface area contributed by atoms with E-state index in [1.54, 1.807) is 0 Å². The lowest BCUT2D eigenvalue weighted by Crippen LogP contribution is -2.06. The van der Waals surface area contributed by atoms with Crippen LogP contribution >= 0.6 is 11.6 Å². The summed E-state index contributed by atoms with van der Waals surface area (Å²) in [5.74, 6) is -0.484. The fourth-order valence-corrected chi connectivity index (χ4v) is 0.980. The minimum atomic E-state index is -2.47. The van der Waals surface area contributed by atoms with Gasteiger partial charge in [0.05, 0.1) is 17.6 Å². The summed E-state index contributed by atoms with van der Waals surface area (Å²) in [5.41, 5.74) is 0.260. The normalized spacial score (nSPS) is 10.8. The van der Waals surface area contributed by atoms with Gasteiger partial charge in [-0.2, -0.15) is 5.10 Å². The van der Waals surface area contributed by atoms with E-state index in [1.165, 1.54) is 12.4 Å². The molecular weight excluding hydrogens is 202 g/mol. The molecule has 0 spiro atoms. The number of hydrogen-bond acceptors (Lipinski definition) is 2. The van der Waals surface area contributed by atoms with Crippen molar-refractivity contribution < 1.29 is 13.6 Å². The molecule has 1 aromatic heterocycles. The van der Waals surface area contributed by atoms with Gasteiger partial charge in [-0.15, -0.1) is 11.6 Å². The van der Waals surface area contributed by atoms with Gasteiger partial charge in [0.2, 0.25) is 0 Å². The van der Waals surface area contributed by atoms with E-state index >= 15 is 0 Å². The van der Waals surface area contributed by atoms with E-state index in [1.807, 2.05) is 0 Å². The quantitative estimate of drug-likeness (QED) is 0.556. The summed E-state index contributed by atoms with van der Waals surface area (Å²) >= 11 is 5.27. The zero-order valence-corrected chi connectivity index (χ0v) is 7.34. The van der Waals surface area contributed by atoms with E-state index < -0.39 is 13.0 Å². The number of Topliss-reactive ketones (excluding diaryl/α,β-unsaturated/α-hetero) is 1. The Labute approximate surface area is 78.3 Å². The van der Waals surface area contributed by atoms with Crippen molar-refractivity contribution in [1.82, 2.24) is 9.78 Å². The summed E-state index contributed by atoms with van der Waals surface area (Å²) in [7, 11) is 0. The highest BCUT2D eigenvalue weighted by atomic mass is 35.5. The van der Waals surface area contributed by atoms with Gasteiger partial charge in [0, 0.05) is 6.20 Å². The third-order valence-electron chi connectivity index (χ3n) is 1.40. The van der Waals surface area contributed by atoms with Crippen LogP contribution in [0.2, 0.25) is 0 Å². The molecule has 1 rings (SSSR count). The van der Waals surface area contributed by atoms with Crippen molar-refractivity contribution in [2.45, 2.75) is 13.0 Å². The number of nitrogens with zero attached hydrogens (tertiary/aromatic N) is 2. The fraction of sp³-hybridized carbons (Fsp3) is 0.429. The van der Waals surface area contributed by atoms with Gasteiger partial charge in [0.15, 0.2) is 5.78 Å². The summed E-state index contributed by atoms with van der Waals surface area (Å²) in [6.45, 7) is -0.504. The molecule has 0 N–H and O–H groups in total. The molecule has 0 radical (unpaired) electrons. The molecule has 1 heterocycles. The van der Waals surface area contributed by atoms with Gasteiger partial charge < -0.3 is 0 Å². The lowest BCUT2D eigenvalue weighted by molar-refractivity contribution is 0.101. The first-order chi connectivity index (χ1) is 6.13. The van der Waals surface area contributed by atoms with Crippen LogP contribution in [0.4, 0.5) is 8.78 Å². The minimum absolute atomic E-state index is 0.166. The van der Waals surface area contributed by atoms with Gasteiger partial charge in [-0.3, -0.25) is 9.48 Å². The number of rotatable bonds is 4. The van der Waals surface area contributed by atoms with Gasteiger partial charge in [0.25, 0.3) is 6.43 Å². The van der Waals surface area contributed by atoms with E-state index in [4.69, 9.17) is 11.6 Å². The van der Waals surface area contributed by atoms with Crippen LogP contribution in [0.15, 0.2) is 12.4 Å². The molecule has 0 aliphatic carbocycles. The largest absolute Gasteiger partial charge is 0.293 e. The fourth-order valence-electron chi connectivity index (χ4n) is 0.826. The summed E-state index contributed by atoms with van der Waals surface area (Å²) in [6, 6.07) is 0. The average Bonchev–Trinajstić information content (AvgIpc) is 2.50. The van der Waals surface area contributed by atoms with Crippen molar-refractivity contribution in [3.63, 3.8) is 0 Å². The molecule has 3 nitrogen and oxygen atoms in total. The number of hydrogen-bond donors (Lipinski definition) is 0. The highest BCUT2D eigenvalue weighted by molar-refractivity contribution is 6.30. The maximum absolute atomic E-state index is 11.8. The monoisotopic (exact) mass is 208 g/mol. The van der Waals surface area contributed by atoms with Crippen LogP contribution in [0, 0.1) is 0 Å². The lowest BCUT2D eigenvalue weighted by Gasteiger charge is -1.97. The Hall–Kier alpha value is -0.970. The molecule has 0 bridgehead atoms. The molecule has 0 unspecified atom stereocenters. The predicted molar refractivity (Wildman–Crippen MR) is 43.3 cm³/mol. The van der Waals surface area contributed by atoms with Gasteiger partial charge in [-0.05, 0) is 0 Å². The number of carbonyl (C=O) groups is 1. The van der Waals surface area contributed by atoms with Crippen molar-refractivity contribution in [3.05, 3.63) is 18.0 Å². The molecule has 0 aliphatic rings. The van der Waals surface area contributed by atoms with Crippen LogP contribution in [-0.2, 0) is 6.54 Å². The molecule has 0 atom stereocenters. The Morgan fingerprint density at radius 2 is 2.38 bits per heavy atom. The van der Waals surface area contributed by atoms with Gasteiger partial charge in [0.1, 0.15) is 6.54 Å². The maximum atomic E-state index is 11.8. The lowest BCUT2D eigenvalue weighted by atomic mass is 10.3. The first-order valence-electron chi connectivity index (χ1n) is 3.53. The molecule has 1 aromatic rings. The number of halogens is 3. The average molecular weight is 209 g/mol. The minimum Gasteiger partial charge on any atom is -0.293 e.